The first-order chi connectivity index (χ1) is 29.1. The fraction of sp³-hybridized carbons (Fsp3) is 0.475. The third-order valence-corrected chi connectivity index (χ3v) is 12.0. The Bertz CT molecular complexity index is 2250. The van der Waals surface area contributed by atoms with Crippen LogP contribution in [0.4, 0.5) is 24.5 Å². The summed E-state index contributed by atoms with van der Waals surface area (Å²) in [5, 5.41) is 22.5. The summed E-state index contributed by atoms with van der Waals surface area (Å²) in [6, 6.07) is 7.57. The van der Waals surface area contributed by atoms with E-state index in [1.807, 2.05) is 0 Å². The Morgan fingerprint density at radius 3 is 2.31 bits per heavy atom. The topological polar surface area (TPSA) is 206 Å². The quantitative estimate of drug-likeness (QED) is 0.0920. The van der Waals surface area contributed by atoms with Crippen molar-refractivity contribution < 1.29 is 41.9 Å². The van der Waals surface area contributed by atoms with Crippen molar-refractivity contribution >= 4 is 46.7 Å². The number of hydrogen-bond acceptors (Lipinski definition) is 10. The number of halogens is 4. The summed E-state index contributed by atoms with van der Waals surface area (Å²) in [6.07, 6.45) is 0.963. The number of alkyl halides is 3. The van der Waals surface area contributed by atoms with E-state index in [0.717, 1.165) is 36.9 Å². The summed E-state index contributed by atoms with van der Waals surface area (Å²) in [5.41, 5.74) is 5.11. The number of carboxylic acid groups (broad SMARTS) is 1. The summed E-state index contributed by atoms with van der Waals surface area (Å²) in [6.45, 7) is 6.36. The number of imidazole rings is 1. The van der Waals surface area contributed by atoms with Gasteiger partial charge in [0.05, 0.1) is 59.6 Å². The van der Waals surface area contributed by atoms with E-state index < -0.39 is 23.7 Å². The molecule has 4 aromatic rings. The monoisotopic (exact) mass is 869 g/mol. The van der Waals surface area contributed by atoms with Gasteiger partial charge in [-0.1, -0.05) is 11.6 Å². The van der Waals surface area contributed by atoms with Gasteiger partial charge in [0.25, 0.3) is 11.8 Å². The maximum Gasteiger partial charge on any atom is 0.435 e. The average Bonchev–Trinajstić information content (AvgIpc) is 3.84. The van der Waals surface area contributed by atoms with Gasteiger partial charge >= 0.3 is 12.1 Å². The van der Waals surface area contributed by atoms with Crippen molar-refractivity contribution in [1.82, 2.24) is 39.4 Å². The second kappa shape index (κ2) is 18.2. The van der Waals surface area contributed by atoms with E-state index in [-0.39, 0.29) is 63.5 Å². The minimum atomic E-state index is -4.83. The maximum absolute atomic E-state index is 14.2. The number of pyridine rings is 1. The van der Waals surface area contributed by atoms with Crippen molar-refractivity contribution in [3.05, 3.63) is 71.0 Å². The molecular weight excluding hydrogens is 821 g/mol. The summed E-state index contributed by atoms with van der Waals surface area (Å²) >= 11 is 6.56. The van der Waals surface area contributed by atoms with Crippen LogP contribution in [0, 0.1) is 11.8 Å². The molecule has 0 atom stereocenters. The SMILES string of the molecule is Cn1c(-c2cn(-c3ccc(NCCCN)cn3)nc2C(F)(F)F)cnc1C(=O)Nc1ccc(C(=O)N2CCN(C(=O)C3CC[N+](CC(=O)O)(CC4CNC4)CC3)CC2)c(Cl)c1. The zero-order valence-corrected chi connectivity index (χ0v) is 34.4. The zero-order chi connectivity index (χ0) is 43.5. The highest BCUT2D eigenvalue weighted by molar-refractivity contribution is 6.34. The number of carbonyl (C=O) groups excluding carboxylic acids is 3. The molecule has 21 heteroatoms. The molecule has 0 unspecified atom stereocenters. The lowest BCUT2D eigenvalue weighted by molar-refractivity contribution is -0.929. The van der Waals surface area contributed by atoms with Gasteiger partial charge in [-0.25, -0.2) is 19.4 Å². The Balaban J connectivity index is 0.951. The molecule has 7 rings (SSSR count). The number of rotatable bonds is 14. The second-order valence-electron chi connectivity index (χ2n) is 15.9. The number of nitrogens with two attached hydrogens (primary N) is 1. The number of nitrogens with zero attached hydrogens (tertiary/aromatic N) is 8. The molecule has 0 saturated carbocycles. The fourth-order valence-corrected chi connectivity index (χ4v) is 8.57. The van der Waals surface area contributed by atoms with Gasteiger partial charge in [0.1, 0.15) is 0 Å². The third-order valence-electron chi connectivity index (χ3n) is 11.7. The molecule has 3 fully saturated rings. The van der Waals surface area contributed by atoms with E-state index in [2.05, 4.69) is 31.0 Å². The molecule has 0 radical (unpaired) electrons. The van der Waals surface area contributed by atoms with Crippen LogP contribution in [0.1, 0.15) is 45.9 Å². The van der Waals surface area contributed by atoms with Crippen LogP contribution in [0.25, 0.3) is 17.1 Å². The Kier molecular flexibility index (Phi) is 13.0. The number of likely N-dealkylation sites (tertiary alicyclic amines) is 1. The predicted octanol–water partition coefficient (Wildman–Crippen LogP) is 3.17. The molecule has 3 aliphatic rings. The lowest BCUT2D eigenvalue weighted by Crippen LogP contribution is -2.62. The van der Waals surface area contributed by atoms with E-state index in [9.17, 15) is 37.5 Å². The number of benzene rings is 1. The average molecular weight is 870 g/mol. The van der Waals surface area contributed by atoms with Gasteiger partial charge in [-0.2, -0.15) is 18.3 Å². The molecule has 3 amide bonds. The highest BCUT2D eigenvalue weighted by Crippen LogP contribution is 2.37. The molecular formula is C40H49ClF3N12O5+. The van der Waals surface area contributed by atoms with Crippen LogP contribution < -0.4 is 21.7 Å². The number of hydrogen-bond donors (Lipinski definition) is 5. The van der Waals surface area contributed by atoms with E-state index in [1.165, 1.54) is 48.3 Å². The first-order valence-electron chi connectivity index (χ1n) is 20.2. The highest BCUT2D eigenvalue weighted by atomic mass is 35.5. The van der Waals surface area contributed by atoms with E-state index >= 15 is 0 Å². The first-order valence-corrected chi connectivity index (χ1v) is 20.6. The molecule has 17 nitrogen and oxygen atoms in total. The van der Waals surface area contributed by atoms with Crippen LogP contribution in [0.15, 0.2) is 48.9 Å². The normalized spacial score (nSPS) is 19.7. The van der Waals surface area contributed by atoms with Gasteiger partial charge in [-0.05, 0) is 43.3 Å². The number of piperidine rings is 1. The number of aliphatic carboxylic acids is 1. The molecule has 0 bridgehead atoms. The maximum atomic E-state index is 14.2. The number of carboxylic acids is 1. The smallest absolute Gasteiger partial charge is 0.435 e. The van der Waals surface area contributed by atoms with Crippen LogP contribution in [0.3, 0.4) is 0 Å². The third kappa shape index (κ3) is 9.82. The molecule has 1 aromatic carbocycles. The Morgan fingerprint density at radius 1 is 1.00 bits per heavy atom. The summed E-state index contributed by atoms with van der Waals surface area (Å²) in [5.74, 6) is -1.64. The van der Waals surface area contributed by atoms with Crippen molar-refractivity contribution in [3.63, 3.8) is 0 Å². The van der Waals surface area contributed by atoms with Gasteiger partial charge in [0.2, 0.25) is 5.91 Å². The van der Waals surface area contributed by atoms with Crippen LogP contribution in [-0.2, 0) is 22.8 Å². The molecule has 0 aliphatic carbocycles. The zero-order valence-electron chi connectivity index (χ0n) is 33.6. The van der Waals surface area contributed by atoms with Crippen molar-refractivity contribution in [2.24, 2.45) is 24.6 Å². The minimum Gasteiger partial charge on any atom is -0.477 e. The van der Waals surface area contributed by atoms with Crippen LogP contribution in [0.2, 0.25) is 5.02 Å². The number of anilines is 2. The van der Waals surface area contributed by atoms with Crippen molar-refractivity contribution in [2.75, 3.05) is 89.2 Å². The standard InChI is InChI=1S/C40H48ClF3N12O5/c1-52-32(30-22-55(51-35(30)40(42,43)44)33-6-4-28(20-48-33)47-10-2-9-45)21-49-36(52)37(59)50-27-3-5-29(31(41)17-27)39(61)54-13-11-53(12-14-54)38(60)26-7-15-56(16-8-26,24-34(57)58)23-25-18-46-19-25/h3-6,17,20-22,25-26,46-47H,2,7-16,18-19,23-24,45H2,1H3,(H-,50,57,58,59,61)/p+1. The van der Waals surface area contributed by atoms with Crippen molar-refractivity contribution in [2.45, 2.75) is 25.4 Å². The van der Waals surface area contributed by atoms with E-state index in [0.29, 0.717) is 81.3 Å². The van der Waals surface area contributed by atoms with Crippen molar-refractivity contribution in [3.8, 4) is 17.1 Å². The van der Waals surface area contributed by atoms with Crippen LogP contribution in [0.5, 0.6) is 0 Å². The van der Waals surface area contributed by atoms with Crippen LogP contribution in [-0.4, -0.2) is 146 Å². The first kappa shape index (κ1) is 43.5. The van der Waals surface area contributed by atoms with Crippen LogP contribution >= 0.6 is 11.6 Å². The van der Waals surface area contributed by atoms with Crippen molar-refractivity contribution in [1.29, 1.82) is 0 Å². The lowest BCUT2D eigenvalue weighted by Gasteiger charge is -2.46. The number of carbonyl (C=O) groups is 4. The number of nitrogens with one attached hydrogen (secondary N) is 3. The van der Waals surface area contributed by atoms with E-state index in [4.69, 9.17) is 17.3 Å². The highest BCUT2D eigenvalue weighted by Gasteiger charge is 2.42. The van der Waals surface area contributed by atoms with Gasteiger partial charge in [-0.3, -0.25) is 14.4 Å². The molecule has 3 saturated heterocycles. The van der Waals surface area contributed by atoms with Gasteiger partial charge < -0.3 is 45.6 Å². The number of aromatic nitrogens is 5. The Labute approximate surface area is 354 Å². The summed E-state index contributed by atoms with van der Waals surface area (Å²) in [7, 11) is 1.41. The summed E-state index contributed by atoms with van der Waals surface area (Å²) in [4.78, 5) is 63.9. The van der Waals surface area contributed by atoms with Gasteiger partial charge in [0, 0.05) is 89.4 Å². The van der Waals surface area contributed by atoms with E-state index in [1.54, 1.807) is 15.9 Å². The van der Waals surface area contributed by atoms with Gasteiger partial charge in [0.15, 0.2) is 23.9 Å². The Morgan fingerprint density at radius 2 is 1.70 bits per heavy atom. The predicted molar refractivity (Wildman–Crippen MR) is 219 cm³/mol. The molecule has 6 N–H and O–H groups in total. The van der Waals surface area contributed by atoms with Gasteiger partial charge in [-0.15, -0.1) is 0 Å². The molecule has 3 aliphatic heterocycles. The molecule has 6 heterocycles. The second-order valence-corrected chi connectivity index (χ2v) is 16.3. The number of piperazine rings is 1. The Hall–Kier alpha value is -5.57. The molecule has 0 spiro atoms. The number of quaternary nitrogens is 1. The lowest BCUT2D eigenvalue weighted by atomic mass is 9.90. The molecule has 61 heavy (non-hydrogen) atoms. The molecule has 326 valence electrons. The molecule has 3 aromatic heterocycles. The number of amides is 3. The fourth-order valence-electron chi connectivity index (χ4n) is 8.31. The minimum absolute atomic E-state index is 0.0162. The largest absolute Gasteiger partial charge is 0.477 e. The summed E-state index contributed by atoms with van der Waals surface area (Å²) < 4.78 is 45.5.